The molecule has 6 nitrogen and oxygen atoms in total. The highest BCUT2D eigenvalue weighted by Gasteiger charge is 2.23. The van der Waals surface area contributed by atoms with Crippen molar-refractivity contribution in [3.8, 4) is 11.4 Å². The number of ether oxygens (including phenoxy) is 1. The van der Waals surface area contributed by atoms with Crippen LogP contribution in [-0.4, -0.2) is 28.0 Å². The van der Waals surface area contributed by atoms with Gasteiger partial charge < -0.3 is 10.1 Å². The summed E-state index contributed by atoms with van der Waals surface area (Å²) in [5.74, 6) is 0.538. The Morgan fingerprint density at radius 3 is 2.50 bits per heavy atom. The molecule has 0 aliphatic heterocycles. The first kappa shape index (κ1) is 17.7. The minimum Gasteiger partial charge on any atom is -0.497 e. The number of anilines is 1. The molecule has 0 bridgehead atoms. The average molecular weight is 350 g/mol. The molecule has 26 heavy (non-hydrogen) atoms. The maximum atomic E-state index is 12.7. The molecule has 0 radical (unpaired) electrons. The van der Waals surface area contributed by atoms with Crippen LogP contribution in [0.25, 0.3) is 5.69 Å². The molecule has 0 unspecified atom stereocenters. The van der Waals surface area contributed by atoms with E-state index in [1.54, 1.807) is 36.1 Å². The van der Waals surface area contributed by atoms with Gasteiger partial charge in [-0.1, -0.05) is 31.2 Å². The molecular weight excluding hydrogens is 328 g/mol. The summed E-state index contributed by atoms with van der Waals surface area (Å²) in [7, 11) is 1.60. The molecule has 1 N–H and O–H groups in total. The van der Waals surface area contributed by atoms with Gasteiger partial charge in [0.2, 0.25) is 0 Å². The highest BCUT2D eigenvalue weighted by Crippen LogP contribution is 2.23. The summed E-state index contributed by atoms with van der Waals surface area (Å²) in [6.45, 7) is 6.07. The molecule has 0 spiro atoms. The highest BCUT2D eigenvalue weighted by molar-refractivity contribution is 6.03. The summed E-state index contributed by atoms with van der Waals surface area (Å²) < 4.78 is 6.87. The third kappa shape index (κ3) is 3.59. The second kappa shape index (κ2) is 7.39. The number of aryl methyl sites for hydroxylation is 1. The van der Waals surface area contributed by atoms with Gasteiger partial charge in [-0.15, -0.1) is 5.10 Å². The predicted octanol–water partition coefficient (Wildman–Crippen LogP) is 3.96. The Bertz CT molecular complexity index is 914. The second-order valence-corrected chi connectivity index (χ2v) is 6.41. The van der Waals surface area contributed by atoms with Crippen LogP contribution in [0.1, 0.15) is 41.5 Å². The van der Waals surface area contributed by atoms with Gasteiger partial charge in [0.1, 0.15) is 5.75 Å². The van der Waals surface area contributed by atoms with E-state index in [4.69, 9.17) is 4.74 Å². The lowest BCUT2D eigenvalue weighted by molar-refractivity contribution is 0.102. The van der Waals surface area contributed by atoms with E-state index < -0.39 is 0 Å². The third-order valence-electron chi connectivity index (χ3n) is 4.06. The number of hydrogen-bond donors (Lipinski definition) is 1. The van der Waals surface area contributed by atoms with Gasteiger partial charge in [0.05, 0.1) is 18.5 Å². The Morgan fingerprint density at radius 2 is 1.88 bits per heavy atom. The number of nitrogens with one attached hydrogen (secondary N) is 1. The molecule has 0 saturated heterocycles. The SMILES string of the molecule is COc1ccc(NC(=O)c2nnn(-c3cccc(C)c3)c2C(C)C)cc1. The smallest absolute Gasteiger partial charge is 0.278 e. The Morgan fingerprint density at radius 1 is 1.15 bits per heavy atom. The zero-order valence-corrected chi connectivity index (χ0v) is 15.4. The summed E-state index contributed by atoms with van der Waals surface area (Å²) >= 11 is 0. The summed E-state index contributed by atoms with van der Waals surface area (Å²) in [6.07, 6.45) is 0. The molecule has 0 fully saturated rings. The van der Waals surface area contributed by atoms with Crippen molar-refractivity contribution in [1.82, 2.24) is 15.0 Å². The first-order valence-electron chi connectivity index (χ1n) is 8.47. The molecule has 2 aromatic carbocycles. The van der Waals surface area contributed by atoms with E-state index >= 15 is 0 Å². The van der Waals surface area contributed by atoms with Crippen LogP contribution in [-0.2, 0) is 0 Å². The van der Waals surface area contributed by atoms with Gasteiger partial charge in [-0.25, -0.2) is 4.68 Å². The third-order valence-corrected chi connectivity index (χ3v) is 4.06. The maximum absolute atomic E-state index is 12.7. The van der Waals surface area contributed by atoms with Crippen LogP contribution >= 0.6 is 0 Å². The highest BCUT2D eigenvalue weighted by atomic mass is 16.5. The summed E-state index contributed by atoms with van der Waals surface area (Å²) in [5, 5.41) is 11.2. The fourth-order valence-corrected chi connectivity index (χ4v) is 2.78. The lowest BCUT2D eigenvalue weighted by Gasteiger charge is -2.12. The number of nitrogens with zero attached hydrogens (tertiary/aromatic N) is 3. The molecule has 3 rings (SSSR count). The quantitative estimate of drug-likeness (QED) is 0.756. The standard InChI is InChI=1S/C20H22N4O2/c1-13(2)19-18(20(25)21-15-8-10-17(26-4)11-9-15)22-23-24(19)16-7-5-6-14(3)12-16/h5-13H,1-4H3,(H,21,25). The maximum Gasteiger partial charge on any atom is 0.278 e. The van der Waals surface area contributed by atoms with Crippen molar-refractivity contribution in [2.75, 3.05) is 12.4 Å². The van der Waals surface area contributed by atoms with Crippen LogP contribution in [0.2, 0.25) is 0 Å². The second-order valence-electron chi connectivity index (χ2n) is 6.41. The van der Waals surface area contributed by atoms with Crippen molar-refractivity contribution in [2.24, 2.45) is 0 Å². The van der Waals surface area contributed by atoms with Crippen LogP contribution in [0.5, 0.6) is 5.75 Å². The van der Waals surface area contributed by atoms with E-state index in [1.165, 1.54) is 0 Å². The first-order valence-corrected chi connectivity index (χ1v) is 8.47. The van der Waals surface area contributed by atoms with Gasteiger partial charge in [-0.05, 0) is 54.8 Å². The van der Waals surface area contributed by atoms with Gasteiger partial charge in [-0.2, -0.15) is 0 Å². The van der Waals surface area contributed by atoms with E-state index in [0.717, 1.165) is 22.7 Å². The minimum atomic E-state index is -0.280. The van der Waals surface area contributed by atoms with Crippen LogP contribution in [0, 0.1) is 6.92 Å². The topological polar surface area (TPSA) is 69.0 Å². The van der Waals surface area contributed by atoms with Crippen molar-refractivity contribution in [3.05, 3.63) is 65.5 Å². The van der Waals surface area contributed by atoms with Gasteiger partial charge in [0.15, 0.2) is 5.69 Å². The van der Waals surface area contributed by atoms with Crippen LogP contribution in [0.15, 0.2) is 48.5 Å². The fourth-order valence-electron chi connectivity index (χ4n) is 2.78. The van der Waals surface area contributed by atoms with Crippen molar-refractivity contribution in [2.45, 2.75) is 26.7 Å². The molecule has 1 amide bonds. The Balaban J connectivity index is 1.93. The number of amides is 1. The van der Waals surface area contributed by atoms with E-state index in [-0.39, 0.29) is 11.8 Å². The van der Waals surface area contributed by atoms with Crippen LogP contribution in [0.4, 0.5) is 5.69 Å². The number of hydrogen-bond acceptors (Lipinski definition) is 4. The van der Waals surface area contributed by atoms with Gasteiger partial charge in [0, 0.05) is 5.69 Å². The number of methoxy groups -OCH3 is 1. The van der Waals surface area contributed by atoms with Crippen LogP contribution in [0.3, 0.4) is 0 Å². The molecule has 0 saturated carbocycles. The molecule has 0 aliphatic carbocycles. The largest absolute Gasteiger partial charge is 0.497 e. The normalized spacial score (nSPS) is 10.8. The molecule has 1 aromatic heterocycles. The summed E-state index contributed by atoms with van der Waals surface area (Å²) in [6, 6.07) is 15.1. The lowest BCUT2D eigenvalue weighted by atomic mass is 10.1. The van der Waals surface area contributed by atoms with E-state index in [1.807, 2.05) is 45.0 Å². The zero-order chi connectivity index (χ0) is 18.7. The molecule has 6 heteroatoms. The first-order chi connectivity index (χ1) is 12.5. The van der Waals surface area contributed by atoms with E-state index in [0.29, 0.717) is 11.4 Å². The van der Waals surface area contributed by atoms with Crippen molar-refractivity contribution in [3.63, 3.8) is 0 Å². The van der Waals surface area contributed by atoms with Crippen molar-refractivity contribution in [1.29, 1.82) is 0 Å². The summed E-state index contributed by atoms with van der Waals surface area (Å²) in [5.41, 5.74) is 3.80. The predicted molar refractivity (Wildman–Crippen MR) is 101 cm³/mol. The summed E-state index contributed by atoms with van der Waals surface area (Å²) in [4.78, 5) is 12.7. The zero-order valence-electron chi connectivity index (χ0n) is 15.4. The molecular formula is C20H22N4O2. The minimum absolute atomic E-state index is 0.0853. The van der Waals surface area contributed by atoms with Crippen molar-refractivity contribution < 1.29 is 9.53 Å². The van der Waals surface area contributed by atoms with Crippen LogP contribution < -0.4 is 10.1 Å². The van der Waals surface area contributed by atoms with Gasteiger partial charge in [0.25, 0.3) is 5.91 Å². The number of benzene rings is 2. The fraction of sp³-hybridized carbons (Fsp3) is 0.250. The molecule has 0 atom stereocenters. The van der Waals surface area contributed by atoms with Gasteiger partial charge in [-0.3, -0.25) is 4.79 Å². The monoisotopic (exact) mass is 350 g/mol. The molecule has 3 aromatic rings. The number of rotatable bonds is 5. The van der Waals surface area contributed by atoms with Crippen molar-refractivity contribution >= 4 is 11.6 Å². The van der Waals surface area contributed by atoms with Gasteiger partial charge >= 0.3 is 0 Å². The number of carbonyl (C=O) groups excluding carboxylic acids is 1. The number of aromatic nitrogens is 3. The average Bonchev–Trinajstić information content (AvgIpc) is 3.08. The Labute approximate surface area is 152 Å². The molecule has 1 heterocycles. The number of carbonyl (C=O) groups is 1. The lowest BCUT2D eigenvalue weighted by Crippen LogP contribution is -2.16. The van der Waals surface area contributed by atoms with E-state index in [9.17, 15) is 4.79 Å². The van der Waals surface area contributed by atoms with E-state index in [2.05, 4.69) is 15.6 Å². The Hall–Kier alpha value is -3.15. The Kier molecular flexibility index (Phi) is 5.02. The molecule has 0 aliphatic rings. The molecule has 134 valence electrons.